The van der Waals surface area contributed by atoms with E-state index in [9.17, 15) is 9.90 Å². The molecule has 20 heavy (non-hydrogen) atoms. The summed E-state index contributed by atoms with van der Waals surface area (Å²) in [5.41, 5.74) is 1.16. The molecule has 0 aliphatic carbocycles. The summed E-state index contributed by atoms with van der Waals surface area (Å²) in [6.45, 7) is 8.96. The van der Waals surface area contributed by atoms with Gasteiger partial charge in [0, 0.05) is 37.4 Å². The molecule has 114 valence electrons. The number of nitrogens with one attached hydrogen (secondary N) is 1. The minimum atomic E-state index is -0.515. The standard InChI is InChI=1S/C14H25N3O2S/c1-10(18)8-17(5)13(19)15-7-6-12-16-11(9-20-12)14(2,3)4/h9-10,18H,6-8H2,1-5H3,(H,15,19). The molecular formula is C14H25N3O2S. The largest absolute Gasteiger partial charge is 0.392 e. The molecular weight excluding hydrogens is 274 g/mol. The number of urea groups is 1. The molecule has 0 spiro atoms. The Hall–Kier alpha value is -1.14. The molecule has 6 heteroatoms. The molecule has 0 bridgehead atoms. The number of hydrogen-bond donors (Lipinski definition) is 2. The summed E-state index contributed by atoms with van der Waals surface area (Å²) in [4.78, 5) is 17.8. The van der Waals surface area contributed by atoms with Gasteiger partial charge in [-0.2, -0.15) is 0 Å². The zero-order chi connectivity index (χ0) is 15.3. The van der Waals surface area contributed by atoms with Crippen LogP contribution in [0.5, 0.6) is 0 Å². The molecule has 2 amide bonds. The highest BCUT2D eigenvalue weighted by Gasteiger charge is 2.17. The Morgan fingerprint density at radius 3 is 2.70 bits per heavy atom. The smallest absolute Gasteiger partial charge is 0.317 e. The third-order valence-corrected chi connectivity index (χ3v) is 3.73. The van der Waals surface area contributed by atoms with Crippen LogP contribution in [-0.2, 0) is 11.8 Å². The van der Waals surface area contributed by atoms with Crippen LogP contribution in [0.4, 0.5) is 4.79 Å². The molecule has 0 fully saturated rings. The van der Waals surface area contributed by atoms with E-state index in [1.54, 1.807) is 25.3 Å². The number of rotatable bonds is 5. The Bertz CT molecular complexity index is 438. The van der Waals surface area contributed by atoms with E-state index < -0.39 is 6.10 Å². The van der Waals surface area contributed by atoms with E-state index in [0.717, 1.165) is 17.1 Å². The number of amides is 2. The van der Waals surface area contributed by atoms with Crippen molar-refractivity contribution >= 4 is 17.4 Å². The van der Waals surface area contributed by atoms with Gasteiger partial charge in [-0.15, -0.1) is 11.3 Å². The van der Waals surface area contributed by atoms with Crippen molar-refractivity contribution in [1.29, 1.82) is 0 Å². The van der Waals surface area contributed by atoms with Gasteiger partial charge in [-0.25, -0.2) is 9.78 Å². The first-order valence-electron chi connectivity index (χ1n) is 6.82. The number of aliphatic hydroxyl groups is 1. The van der Waals surface area contributed by atoms with E-state index in [-0.39, 0.29) is 11.4 Å². The van der Waals surface area contributed by atoms with Crippen LogP contribution in [0.1, 0.15) is 38.4 Å². The number of hydrogen-bond acceptors (Lipinski definition) is 4. The molecule has 2 N–H and O–H groups in total. The van der Waals surface area contributed by atoms with Gasteiger partial charge in [0.05, 0.1) is 16.8 Å². The number of carbonyl (C=O) groups excluding carboxylic acids is 1. The number of aromatic nitrogens is 1. The van der Waals surface area contributed by atoms with Crippen molar-refractivity contribution in [2.45, 2.75) is 45.6 Å². The lowest BCUT2D eigenvalue weighted by atomic mass is 9.93. The summed E-state index contributed by atoms with van der Waals surface area (Å²) in [7, 11) is 1.67. The van der Waals surface area contributed by atoms with Crippen LogP contribution in [0.15, 0.2) is 5.38 Å². The molecule has 1 aromatic rings. The fraction of sp³-hybridized carbons (Fsp3) is 0.714. The summed E-state index contributed by atoms with van der Waals surface area (Å²) in [5, 5.41) is 15.2. The second kappa shape index (κ2) is 7.04. The van der Waals surface area contributed by atoms with Crippen LogP contribution in [0.3, 0.4) is 0 Å². The summed E-state index contributed by atoms with van der Waals surface area (Å²) in [6, 6.07) is -0.168. The van der Waals surface area contributed by atoms with Gasteiger partial charge in [0.2, 0.25) is 0 Å². The summed E-state index contributed by atoms with van der Waals surface area (Å²) in [5.74, 6) is 0. The van der Waals surface area contributed by atoms with E-state index >= 15 is 0 Å². The third-order valence-electron chi connectivity index (χ3n) is 2.82. The van der Waals surface area contributed by atoms with E-state index in [2.05, 4.69) is 36.5 Å². The molecule has 0 saturated heterocycles. The van der Waals surface area contributed by atoms with E-state index in [0.29, 0.717) is 13.1 Å². The second-order valence-electron chi connectivity index (χ2n) is 6.09. The number of aliphatic hydroxyl groups excluding tert-OH is 1. The minimum absolute atomic E-state index is 0.0650. The number of nitrogens with zero attached hydrogens (tertiary/aromatic N) is 2. The summed E-state index contributed by atoms with van der Waals surface area (Å²) >= 11 is 1.63. The second-order valence-corrected chi connectivity index (χ2v) is 7.03. The Morgan fingerprint density at radius 2 is 2.20 bits per heavy atom. The topological polar surface area (TPSA) is 65.5 Å². The average Bonchev–Trinajstić information content (AvgIpc) is 2.76. The lowest BCUT2D eigenvalue weighted by Gasteiger charge is -2.19. The molecule has 1 rings (SSSR count). The average molecular weight is 299 g/mol. The quantitative estimate of drug-likeness (QED) is 0.874. The highest BCUT2D eigenvalue weighted by atomic mass is 32.1. The maximum atomic E-state index is 11.7. The van der Waals surface area contributed by atoms with Gasteiger partial charge in [-0.3, -0.25) is 0 Å². The maximum absolute atomic E-state index is 11.7. The van der Waals surface area contributed by atoms with Crippen molar-refractivity contribution in [1.82, 2.24) is 15.2 Å². The summed E-state index contributed by atoms with van der Waals surface area (Å²) in [6.07, 6.45) is 0.216. The van der Waals surface area contributed by atoms with Crippen molar-refractivity contribution in [2.75, 3.05) is 20.1 Å². The predicted octanol–water partition coefficient (Wildman–Crippen LogP) is 2.01. The normalized spacial score (nSPS) is 13.1. The molecule has 1 heterocycles. The van der Waals surface area contributed by atoms with Gasteiger partial charge in [0.15, 0.2) is 0 Å². The van der Waals surface area contributed by atoms with Crippen molar-refractivity contribution in [3.63, 3.8) is 0 Å². The van der Waals surface area contributed by atoms with E-state index in [1.165, 1.54) is 4.90 Å². The van der Waals surface area contributed by atoms with Crippen molar-refractivity contribution in [3.8, 4) is 0 Å². The lowest BCUT2D eigenvalue weighted by Crippen LogP contribution is -2.41. The maximum Gasteiger partial charge on any atom is 0.317 e. The van der Waals surface area contributed by atoms with Crippen LogP contribution >= 0.6 is 11.3 Å². The van der Waals surface area contributed by atoms with Crippen LogP contribution in [0.25, 0.3) is 0 Å². The highest BCUT2D eigenvalue weighted by molar-refractivity contribution is 7.09. The molecule has 0 aromatic carbocycles. The van der Waals surface area contributed by atoms with Crippen LogP contribution in [0, 0.1) is 0 Å². The number of thiazole rings is 1. The van der Waals surface area contributed by atoms with Gasteiger partial charge in [-0.1, -0.05) is 20.8 Å². The lowest BCUT2D eigenvalue weighted by molar-refractivity contribution is 0.144. The van der Waals surface area contributed by atoms with E-state index in [1.807, 2.05) is 0 Å². The molecule has 0 aliphatic heterocycles. The molecule has 0 saturated carbocycles. The Kier molecular flexibility index (Phi) is 5.95. The van der Waals surface area contributed by atoms with Crippen molar-refractivity contribution in [2.24, 2.45) is 0 Å². The van der Waals surface area contributed by atoms with Gasteiger partial charge in [0.25, 0.3) is 0 Å². The van der Waals surface area contributed by atoms with Gasteiger partial charge >= 0.3 is 6.03 Å². The minimum Gasteiger partial charge on any atom is -0.392 e. The van der Waals surface area contributed by atoms with Gasteiger partial charge < -0.3 is 15.3 Å². The number of carbonyl (C=O) groups is 1. The van der Waals surface area contributed by atoms with Gasteiger partial charge in [0.1, 0.15) is 0 Å². The zero-order valence-corrected chi connectivity index (χ0v) is 13.8. The Labute approximate surface area is 125 Å². The molecule has 1 unspecified atom stereocenters. The fourth-order valence-corrected chi connectivity index (χ4v) is 2.69. The van der Waals surface area contributed by atoms with Crippen molar-refractivity contribution in [3.05, 3.63) is 16.1 Å². The zero-order valence-electron chi connectivity index (χ0n) is 12.9. The molecule has 5 nitrogen and oxygen atoms in total. The van der Waals surface area contributed by atoms with Crippen LogP contribution in [0.2, 0.25) is 0 Å². The first-order chi connectivity index (χ1) is 9.20. The Morgan fingerprint density at radius 1 is 1.55 bits per heavy atom. The fourth-order valence-electron chi connectivity index (χ4n) is 1.66. The number of likely N-dealkylation sites (N-methyl/N-ethyl adjacent to an activating group) is 1. The van der Waals surface area contributed by atoms with E-state index in [4.69, 9.17) is 0 Å². The highest BCUT2D eigenvalue weighted by Crippen LogP contribution is 2.23. The molecule has 0 aliphatic rings. The molecule has 1 aromatic heterocycles. The SMILES string of the molecule is CC(O)CN(C)C(=O)NCCc1nc(C(C)(C)C)cs1. The predicted molar refractivity (Wildman–Crippen MR) is 82.2 cm³/mol. The third kappa shape index (κ3) is 5.46. The van der Waals surface area contributed by atoms with Crippen molar-refractivity contribution < 1.29 is 9.90 Å². The summed E-state index contributed by atoms with van der Waals surface area (Å²) < 4.78 is 0. The van der Waals surface area contributed by atoms with Crippen LogP contribution < -0.4 is 5.32 Å². The molecule has 1 atom stereocenters. The first kappa shape index (κ1) is 16.9. The molecule has 0 radical (unpaired) electrons. The monoisotopic (exact) mass is 299 g/mol. The van der Waals surface area contributed by atoms with Gasteiger partial charge in [-0.05, 0) is 6.92 Å². The first-order valence-corrected chi connectivity index (χ1v) is 7.70. The Balaban J connectivity index is 2.37. The van der Waals surface area contributed by atoms with Crippen LogP contribution in [-0.4, -0.2) is 47.3 Å².